The second-order valence-corrected chi connectivity index (χ2v) is 8.46. The van der Waals surface area contributed by atoms with E-state index < -0.39 is 0 Å². The van der Waals surface area contributed by atoms with Crippen molar-refractivity contribution in [1.82, 2.24) is 19.5 Å². The summed E-state index contributed by atoms with van der Waals surface area (Å²) < 4.78 is 2.18. The molecule has 1 aliphatic carbocycles. The first-order valence-corrected chi connectivity index (χ1v) is 10.9. The van der Waals surface area contributed by atoms with Crippen molar-refractivity contribution < 1.29 is 0 Å². The molecule has 1 aromatic carbocycles. The maximum absolute atomic E-state index is 6.16. The van der Waals surface area contributed by atoms with Crippen molar-refractivity contribution in [2.75, 3.05) is 11.5 Å². The van der Waals surface area contributed by atoms with Crippen molar-refractivity contribution in [3.8, 4) is 0 Å². The van der Waals surface area contributed by atoms with Crippen LogP contribution in [0.25, 0.3) is 11.2 Å². The summed E-state index contributed by atoms with van der Waals surface area (Å²) in [5, 5.41) is 0.762. The van der Waals surface area contributed by atoms with Gasteiger partial charge in [-0.15, -0.1) is 0 Å². The predicted octanol–water partition coefficient (Wildman–Crippen LogP) is 4.71. The van der Waals surface area contributed by atoms with Crippen LogP contribution in [-0.2, 0) is 13.0 Å². The van der Waals surface area contributed by atoms with Gasteiger partial charge in [-0.2, -0.15) is 0 Å². The Morgan fingerprint density at radius 2 is 1.89 bits per heavy atom. The lowest BCUT2D eigenvalue weighted by atomic mass is 9.89. The minimum absolute atomic E-state index is 0.493. The molecular formula is C21H27N5S. The third-order valence-corrected chi connectivity index (χ3v) is 6.27. The highest BCUT2D eigenvalue weighted by Gasteiger charge is 2.17. The molecule has 142 valence electrons. The molecule has 1 aliphatic rings. The lowest BCUT2D eigenvalue weighted by Gasteiger charge is -2.21. The largest absolute Gasteiger partial charge is 0.382 e. The molecule has 0 atom stereocenters. The number of aryl methyl sites for hydroxylation is 1. The second-order valence-electron chi connectivity index (χ2n) is 7.40. The van der Waals surface area contributed by atoms with Gasteiger partial charge in [0.15, 0.2) is 16.6 Å². The topological polar surface area (TPSA) is 69.6 Å². The van der Waals surface area contributed by atoms with Gasteiger partial charge in [-0.25, -0.2) is 15.0 Å². The van der Waals surface area contributed by atoms with E-state index in [0.29, 0.717) is 5.82 Å². The van der Waals surface area contributed by atoms with Gasteiger partial charge in [-0.05, 0) is 37.2 Å². The zero-order valence-corrected chi connectivity index (χ0v) is 16.5. The molecule has 3 aromatic rings. The summed E-state index contributed by atoms with van der Waals surface area (Å²) in [6.45, 7) is 0.991. The van der Waals surface area contributed by atoms with Crippen LogP contribution in [0.3, 0.4) is 0 Å². The fourth-order valence-electron chi connectivity index (χ4n) is 3.88. The van der Waals surface area contributed by atoms with Gasteiger partial charge in [-0.3, -0.25) is 0 Å². The summed E-state index contributed by atoms with van der Waals surface area (Å²) in [6.07, 6.45) is 10.7. The number of nitrogen functional groups attached to an aromatic ring is 1. The van der Waals surface area contributed by atoms with E-state index in [1.165, 1.54) is 37.7 Å². The van der Waals surface area contributed by atoms with Crippen molar-refractivity contribution in [2.45, 2.75) is 56.6 Å². The number of thioether (sulfide) groups is 1. The number of hydrogen-bond acceptors (Lipinski definition) is 5. The normalized spacial score (nSPS) is 15.4. The Labute approximate surface area is 164 Å². The van der Waals surface area contributed by atoms with E-state index in [1.807, 2.05) is 6.33 Å². The summed E-state index contributed by atoms with van der Waals surface area (Å²) in [7, 11) is 0. The third-order valence-electron chi connectivity index (χ3n) is 5.33. The van der Waals surface area contributed by atoms with Crippen molar-refractivity contribution in [3.63, 3.8) is 0 Å². The number of nitrogens with two attached hydrogens (primary N) is 1. The molecule has 0 radical (unpaired) electrons. The van der Waals surface area contributed by atoms with Gasteiger partial charge in [0.25, 0.3) is 0 Å². The molecule has 2 aromatic heterocycles. The summed E-state index contributed by atoms with van der Waals surface area (Å²) in [5.74, 6) is 2.21. The monoisotopic (exact) mass is 381 g/mol. The first-order valence-electron chi connectivity index (χ1n) is 9.94. The molecule has 0 unspecified atom stereocenters. The molecule has 1 saturated carbocycles. The van der Waals surface area contributed by atoms with Gasteiger partial charge < -0.3 is 10.3 Å². The highest BCUT2D eigenvalue weighted by atomic mass is 32.2. The van der Waals surface area contributed by atoms with E-state index in [4.69, 9.17) is 10.7 Å². The smallest absolute Gasteiger partial charge is 0.191 e. The summed E-state index contributed by atoms with van der Waals surface area (Å²) in [4.78, 5) is 13.7. The standard InChI is InChI=1S/C21H27N5S/c22-19-18-20(26(15-23-18)14-17-10-5-2-6-11-17)25-21(24-19)27-13-7-12-16-8-3-1-4-9-16/h1,3-4,8-9,15,17H,2,5-7,10-14H2,(H2,22,24,25). The number of aromatic nitrogens is 4. The maximum atomic E-state index is 6.16. The first kappa shape index (κ1) is 18.3. The second kappa shape index (κ2) is 8.74. The summed E-state index contributed by atoms with van der Waals surface area (Å²) in [6, 6.07) is 10.6. The Morgan fingerprint density at radius 1 is 1.07 bits per heavy atom. The van der Waals surface area contributed by atoms with Gasteiger partial charge in [0.05, 0.1) is 6.33 Å². The average molecular weight is 382 g/mol. The van der Waals surface area contributed by atoms with Gasteiger partial charge in [0.2, 0.25) is 0 Å². The van der Waals surface area contributed by atoms with Gasteiger partial charge in [0.1, 0.15) is 5.52 Å². The molecule has 27 heavy (non-hydrogen) atoms. The van der Waals surface area contributed by atoms with Crippen LogP contribution in [0.5, 0.6) is 0 Å². The van der Waals surface area contributed by atoms with Crippen molar-refractivity contribution in [3.05, 3.63) is 42.2 Å². The number of rotatable bonds is 7. The number of imidazole rings is 1. The molecule has 6 heteroatoms. The molecule has 0 bridgehead atoms. The van der Waals surface area contributed by atoms with E-state index in [1.54, 1.807) is 11.8 Å². The van der Waals surface area contributed by atoms with Crippen LogP contribution < -0.4 is 5.73 Å². The molecule has 0 amide bonds. The highest BCUT2D eigenvalue weighted by molar-refractivity contribution is 7.99. The molecule has 4 rings (SSSR count). The van der Waals surface area contributed by atoms with E-state index in [0.717, 1.165) is 47.4 Å². The van der Waals surface area contributed by atoms with Crippen molar-refractivity contribution >= 4 is 28.7 Å². The van der Waals surface area contributed by atoms with Crippen LogP contribution in [0.15, 0.2) is 41.8 Å². The van der Waals surface area contributed by atoms with Crippen LogP contribution in [-0.4, -0.2) is 25.3 Å². The number of nitrogens with zero attached hydrogens (tertiary/aromatic N) is 4. The molecule has 0 saturated heterocycles. The zero-order valence-electron chi connectivity index (χ0n) is 15.7. The van der Waals surface area contributed by atoms with Crippen LogP contribution in [0, 0.1) is 5.92 Å². The number of benzene rings is 1. The van der Waals surface area contributed by atoms with Crippen LogP contribution in [0.2, 0.25) is 0 Å². The highest BCUT2D eigenvalue weighted by Crippen LogP contribution is 2.27. The Morgan fingerprint density at radius 3 is 2.70 bits per heavy atom. The fourth-order valence-corrected chi connectivity index (χ4v) is 4.66. The van der Waals surface area contributed by atoms with Gasteiger partial charge >= 0.3 is 0 Å². The summed E-state index contributed by atoms with van der Waals surface area (Å²) >= 11 is 1.68. The Hall–Kier alpha value is -2.08. The van der Waals surface area contributed by atoms with E-state index in [2.05, 4.69) is 44.9 Å². The van der Waals surface area contributed by atoms with Gasteiger partial charge in [0, 0.05) is 12.3 Å². The minimum atomic E-state index is 0.493. The molecular weight excluding hydrogens is 354 g/mol. The molecule has 2 heterocycles. The predicted molar refractivity (Wildman–Crippen MR) is 112 cm³/mol. The molecule has 1 fully saturated rings. The third kappa shape index (κ3) is 4.61. The average Bonchev–Trinajstić information content (AvgIpc) is 3.10. The van der Waals surface area contributed by atoms with Crippen LogP contribution in [0.1, 0.15) is 44.1 Å². The van der Waals surface area contributed by atoms with Crippen molar-refractivity contribution in [1.29, 1.82) is 0 Å². The SMILES string of the molecule is Nc1nc(SCCCc2ccccc2)nc2c1ncn2CC1CCCCC1. The number of fused-ring (bicyclic) bond motifs is 1. The van der Waals surface area contributed by atoms with Gasteiger partial charge in [-0.1, -0.05) is 61.4 Å². The summed E-state index contributed by atoms with van der Waals surface area (Å²) in [5.41, 5.74) is 9.16. The zero-order chi connectivity index (χ0) is 18.5. The van der Waals surface area contributed by atoms with E-state index in [9.17, 15) is 0 Å². The van der Waals surface area contributed by atoms with E-state index in [-0.39, 0.29) is 0 Å². The Kier molecular flexibility index (Phi) is 5.92. The molecule has 2 N–H and O–H groups in total. The van der Waals surface area contributed by atoms with E-state index >= 15 is 0 Å². The maximum Gasteiger partial charge on any atom is 0.191 e. The van der Waals surface area contributed by atoms with Crippen LogP contribution in [0.4, 0.5) is 5.82 Å². The molecule has 0 aliphatic heterocycles. The minimum Gasteiger partial charge on any atom is -0.382 e. The Balaban J connectivity index is 1.41. The lowest BCUT2D eigenvalue weighted by molar-refractivity contribution is 0.321. The fraction of sp³-hybridized carbons (Fsp3) is 0.476. The first-order chi connectivity index (χ1) is 13.3. The quantitative estimate of drug-likeness (QED) is 0.364. The number of anilines is 1. The number of hydrogen-bond donors (Lipinski definition) is 1. The van der Waals surface area contributed by atoms with Crippen LogP contribution >= 0.6 is 11.8 Å². The Bertz CT molecular complexity index is 871. The molecule has 5 nitrogen and oxygen atoms in total. The van der Waals surface area contributed by atoms with Crippen molar-refractivity contribution in [2.24, 2.45) is 5.92 Å². The lowest BCUT2D eigenvalue weighted by Crippen LogP contribution is -2.14. The molecule has 0 spiro atoms.